The minimum absolute atomic E-state index is 0.0546. The summed E-state index contributed by atoms with van der Waals surface area (Å²) in [6.07, 6.45) is -0.614. The Morgan fingerprint density at radius 3 is 2.32 bits per heavy atom. The molecule has 19 heavy (non-hydrogen) atoms. The lowest BCUT2D eigenvalue weighted by molar-refractivity contribution is 0.133. The first-order valence-electron chi connectivity index (χ1n) is 6.97. The molecule has 0 saturated heterocycles. The predicted octanol–water partition coefficient (Wildman–Crippen LogP) is 2.18. The van der Waals surface area contributed by atoms with Crippen LogP contribution in [0.1, 0.15) is 32.4 Å². The van der Waals surface area contributed by atoms with Gasteiger partial charge in [-0.25, -0.2) is 4.39 Å². The van der Waals surface area contributed by atoms with Crippen LogP contribution in [0, 0.1) is 5.82 Å². The lowest BCUT2D eigenvalue weighted by atomic mass is 10.0. The molecule has 1 aromatic carbocycles. The second-order valence-electron chi connectivity index (χ2n) is 4.77. The zero-order valence-electron chi connectivity index (χ0n) is 12.1. The number of aliphatic hydroxyl groups is 1. The topological polar surface area (TPSA) is 35.5 Å². The molecule has 0 fully saturated rings. The van der Waals surface area contributed by atoms with Crippen LogP contribution in [0.3, 0.4) is 0 Å². The van der Waals surface area contributed by atoms with E-state index in [-0.39, 0.29) is 11.9 Å². The molecule has 2 atom stereocenters. The van der Waals surface area contributed by atoms with Crippen molar-refractivity contribution in [3.05, 3.63) is 35.6 Å². The molecule has 0 saturated carbocycles. The van der Waals surface area contributed by atoms with E-state index in [9.17, 15) is 9.50 Å². The van der Waals surface area contributed by atoms with E-state index in [1.54, 1.807) is 12.1 Å². The summed E-state index contributed by atoms with van der Waals surface area (Å²) in [5.74, 6) is -0.280. The molecule has 0 aliphatic rings. The minimum Gasteiger partial charge on any atom is -0.387 e. The van der Waals surface area contributed by atoms with Gasteiger partial charge in [0.25, 0.3) is 0 Å². The van der Waals surface area contributed by atoms with Gasteiger partial charge in [0.1, 0.15) is 5.82 Å². The first kappa shape index (κ1) is 16.1. The number of aliphatic hydroxyl groups excluding tert-OH is 1. The molecule has 1 aromatic rings. The maximum absolute atomic E-state index is 12.8. The molecule has 0 radical (unpaired) electrons. The standard InChI is InChI=1S/C15H25FN2O/c1-4-18(5-2)11-10-17-12(3)15(19)13-6-8-14(16)9-7-13/h6-9,12,15,17,19H,4-5,10-11H2,1-3H3. The minimum atomic E-state index is -0.614. The van der Waals surface area contributed by atoms with Crippen molar-refractivity contribution in [3.8, 4) is 0 Å². The Labute approximate surface area is 115 Å². The first-order chi connectivity index (χ1) is 9.08. The van der Waals surface area contributed by atoms with Gasteiger partial charge in [-0.2, -0.15) is 0 Å². The Bertz CT molecular complexity index is 352. The van der Waals surface area contributed by atoms with Crippen LogP contribution in [0.5, 0.6) is 0 Å². The van der Waals surface area contributed by atoms with E-state index < -0.39 is 6.10 Å². The van der Waals surface area contributed by atoms with Crippen LogP contribution in [0.15, 0.2) is 24.3 Å². The third-order valence-corrected chi connectivity index (χ3v) is 3.47. The third kappa shape index (κ3) is 5.27. The molecule has 0 amide bonds. The van der Waals surface area contributed by atoms with E-state index >= 15 is 0 Å². The molecule has 3 nitrogen and oxygen atoms in total. The van der Waals surface area contributed by atoms with Gasteiger partial charge in [-0.3, -0.25) is 0 Å². The first-order valence-corrected chi connectivity index (χ1v) is 6.97. The highest BCUT2D eigenvalue weighted by Crippen LogP contribution is 2.16. The van der Waals surface area contributed by atoms with Crippen LogP contribution in [0.4, 0.5) is 4.39 Å². The monoisotopic (exact) mass is 268 g/mol. The van der Waals surface area contributed by atoms with E-state index in [2.05, 4.69) is 24.1 Å². The number of hydrogen-bond acceptors (Lipinski definition) is 3. The quantitative estimate of drug-likeness (QED) is 0.758. The summed E-state index contributed by atoms with van der Waals surface area (Å²) in [4.78, 5) is 2.32. The Kier molecular flexibility index (Phi) is 6.99. The van der Waals surface area contributed by atoms with E-state index in [1.807, 2.05) is 6.92 Å². The van der Waals surface area contributed by atoms with Crippen LogP contribution in [-0.2, 0) is 0 Å². The molecule has 0 spiro atoms. The van der Waals surface area contributed by atoms with Gasteiger partial charge in [0, 0.05) is 19.1 Å². The molecule has 0 bridgehead atoms. The van der Waals surface area contributed by atoms with Gasteiger partial charge in [-0.05, 0) is 37.7 Å². The number of hydrogen-bond donors (Lipinski definition) is 2. The normalized spacial score (nSPS) is 14.6. The molecule has 0 aliphatic heterocycles. The largest absolute Gasteiger partial charge is 0.387 e. The Morgan fingerprint density at radius 2 is 1.79 bits per heavy atom. The van der Waals surface area contributed by atoms with Crippen LogP contribution >= 0.6 is 0 Å². The number of benzene rings is 1. The maximum Gasteiger partial charge on any atom is 0.123 e. The molecular weight excluding hydrogens is 243 g/mol. The highest BCUT2D eigenvalue weighted by Gasteiger charge is 2.15. The summed E-state index contributed by atoms with van der Waals surface area (Å²) < 4.78 is 12.8. The van der Waals surface area contributed by atoms with Gasteiger partial charge >= 0.3 is 0 Å². The SMILES string of the molecule is CCN(CC)CCNC(C)C(O)c1ccc(F)cc1. The highest BCUT2D eigenvalue weighted by atomic mass is 19.1. The molecule has 2 N–H and O–H groups in total. The maximum atomic E-state index is 12.8. The van der Waals surface area contributed by atoms with Gasteiger partial charge in [0.2, 0.25) is 0 Å². The van der Waals surface area contributed by atoms with Gasteiger partial charge in [-0.1, -0.05) is 26.0 Å². The fourth-order valence-electron chi connectivity index (χ4n) is 2.05. The lowest BCUT2D eigenvalue weighted by Gasteiger charge is -2.23. The van der Waals surface area contributed by atoms with Crippen molar-refractivity contribution in [2.75, 3.05) is 26.2 Å². The molecule has 1 rings (SSSR count). The van der Waals surface area contributed by atoms with Crippen LogP contribution < -0.4 is 5.32 Å². The van der Waals surface area contributed by atoms with Crippen molar-refractivity contribution < 1.29 is 9.50 Å². The fraction of sp³-hybridized carbons (Fsp3) is 0.600. The second-order valence-corrected chi connectivity index (χ2v) is 4.77. The summed E-state index contributed by atoms with van der Waals surface area (Å²) in [5, 5.41) is 13.5. The Hall–Kier alpha value is -0.970. The number of nitrogens with zero attached hydrogens (tertiary/aromatic N) is 1. The number of likely N-dealkylation sites (N-methyl/N-ethyl adjacent to an activating group) is 1. The summed E-state index contributed by atoms with van der Waals surface area (Å²) in [6, 6.07) is 5.95. The summed E-state index contributed by atoms with van der Waals surface area (Å²) in [7, 11) is 0. The van der Waals surface area contributed by atoms with E-state index in [1.165, 1.54) is 12.1 Å². The molecule has 0 aromatic heterocycles. The smallest absolute Gasteiger partial charge is 0.123 e. The van der Waals surface area contributed by atoms with Crippen molar-refractivity contribution >= 4 is 0 Å². The number of nitrogens with one attached hydrogen (secondary N) is 1. The van der Waals surface area contributed by atoms with Gasteiger partial charge < -0.3 is 15.3 Å². The summed E-state index contributed by atoms with van der Waals surface area (Å²) in [6.45, 7) is 10.1. The van der Waals surface area contributed by atoms with Gasteiger partial charge in [0.15, 0.2) is 0 Å². The van der Waals surface area contributed by atoms with Gasteiger partial charge in [0.05, 0.1) is 6.10 Å². The van der Waals surface area contributed by atoms with Crippen molar-refractivity contribution in [1.29, 1.82) is 0 Å². The number of halogens is 1. The van der Waals surface area contributed by atoms with E-state index in [0.29, 0.717) is 0 Å². The highest BCUT2D eigenvalue weighted by molar-refractivity contribution is 5.19. The fourth-order valence-corrected chi connectivity index (χ4v) is 2.05. The van der Waals surface area contributed by atoms with E-state index in [0.717, 1.165) is 31.7 Å². The van der Waals surface area contributed by atoms with Crippen LogP contribution in [-0.4, -0.2) is 42.2 Å². The number of rotatable bonds is 8. The summed E-state index contributed by atoms with van der Waals surface area (Å²) in [5.41, 5.74) is 0.740. The molecule has 4 heteroatoms. The average molecular weight is 268 g/mol. The zero-order chi connectivity index (χ0) is 14.3. The summed E-state index contributed by atoms with van der Waals surface area (Å²) >= 11 is 0. The van der Waals surface area contributed by atoms with Crippen LogP contribution in [0.2, 0.25) is 0 Å². The van der Waals surface area contributed by atoms with Crippen LogP contribution in [0.25, 0.3) is 0 Å². The molecule has 2 unspecified atom stereocenters. The van der Waals surface area contributed by atoms with Gasteiger partial charge in [-0.15, -0.1) is 0 Å². The molecule has 0 heterocycles. The van der Waals surface area contributed by atoms with Crippen molar-refractivity contribution in [1.82, 2.24) is 10.2 Å². The lowest BCUT2D eigenvalue weighted by Crippen LogP contribution is -2.38. The molecule has 108 valence electrons. The zero-order valence-corrected chi connectivity index (χ0v) is 12.1. The van der Waals surface area contributed by atoms with E-state index in [4.69, 9.17) is 0 Å². The second kappa shape index (κ2) is 8.25. The van der Waals surface area contributed by atoms with Crippen molar-refractivity contribution in [3.63, 3.8) is 0 Å². The predicted molar refractivity (Wildman–Crippen MR) is 76.6 cm³/mol. The average Bonchev–Trinajstić information content (AvgIpc) is 2.43. The Morgan fingerprint density at radius 1 is 1.21 bits per heavy atom. The molecular formula is C15H25FN2O. The van der Waals surface area contributed by atoms with Crippen molar-refractivity contribution in [2.45, 2.75) is 32.9 Å². The Balaban J connectivity index is 2.40. The van der Waals surface area contributed by atoms with Crippen molar-refractivity contribution in [2.24, 2.45) is 0 Å². The third-order valence-electron chi connectivity index (χ3n) is 3.47. The molecule has 0 aliphatic carbocycles.